The van der Waals surface area contributed by atoms with Crippen molar-refractivity contribution in [1.82, 2.24) is 14.9 Å². The van der Waals surface area contributed by atoms with Crippen LogP contribution in [0.25, 0.3) is 0 Å². The van der Waals surface area contributed by atoms with Gasteiger partial charge in [0, 0.05) is 18.6 Å². The summed E-state index contributed by atoms with van der Waals surface area (Å²) in [6.07, 6.45) is 2.97. The van der Waals surface area contributed by atoms with Crippen LogP contribution in [0.15, 0.2) is 6.20 Å². The Labute approximate surface area is 81.5 Å². The van der Waals surface area contributed by atoms with Crippen molar-refractivity contribution >= 4 is 11.5 Å². The third-order valence-corrected chi connectivity index (χ3v) is 3.18. The van der Waals surface area contributed by atoms with Crippen LogP contribution in [0.3, 0.4) is 0 Å². The Kier molecular flexibility index (Phi) is 2.87. The first-order valence-electron chi connectivity index (χ1n) is 4.44. The van der Waals surface area contributed by atoms with Crippen LogP contribution in [0.5, 0.6) is 0 Å². The van der Waals surface area contributed by atoms with Crippen molar-refractivity contribution in [1.29, 1.82) is 0 Å². The van der Waals surface area contributed by atoms with Gasteiger partial charge in [0.1, 0.15) is 0 Å². The third-order valence-electron chi connectivity index (χ3n) is 2.43. The number of nitrogens with one attached hydrogen (secondary N) is 1. The highest BCUT2D eigenvalue weighted by atomic mass is 32.1. The van der Waals surface area contributed by atoms with Gasteiger partial charge in [-0.25, -0.2) is 0 Å². The Morgan fingerprint density at radius 1 is 1.77 bits per heavy atom. The van der Waals surface area contributed by atoms with Gasteiger partial charge in [-0.3, -0.25) is 0 Å². The van der Waals surface area contributed by atoms with Crippen molar-refractivity contribution in [2.45, 2.75) is 12.5 Å². The largest absolute Gasteiger partial charge is 0.381 e. The minimum atomic E-state index is 0.363. The highest BCUT2D eigenvalue weighted by Crippen LogP contribution is 2.29. The zero-order valence-electron chi connectivity index (χ0n) is 7.56. The van der Waals surface area contributed by atoms with E-state index in [0.29, 0.717) is 12.0 Å². The number of hydrogen-bond acceptors (Lipinski definition) is 5. The van der Waals surface area contributed by atoms with Crippen molar-refractivity contribution < 1.29 is 4.74 Å². The Bertz CT molecular complexity index is 246. The monoisotopic (exact) mass is 199 g/mol. The number of aromatic nitrogens is 2. The van der Waals surface area contributed by atoms with E-state index in [9.17, 15) is 0 Å². The molecule has 0 spiro atoms. The number of nitrogens with zero attached hydrogens (tertiary/aromatic N) is 2. The maximum Gasteiger partial charge on any atom is 0.0669 e. The molecule has 1 aromatic heterocycles. The lowest BCUT2D eigenvalue weighted by atomic mass is 9.98. The van der Waals surface area contributed by atoms with Gasteiger partial charge in [0.2, 0.25) is 0 Å². The fraction of sp³-hybridized carbons (Fsp3) is 0.750. The molecule has 2 rings (SSSR count). The van der Waals surface area contributed by atoms with E-state index in [4.69, 9.17) is 4.74 Å². The first-order valence-corrected chi connectivity index (χ1v) is 5.21. The van der Waals surface area contributed by atoms with Crippen LogP contribution in [0, 0.1) is 5.92 Å². The molecule has 0 aliphatic carbocycles. The van der Waals surface area contributed by atoms with Crippen LogP contribution in [0.4, 0.5) is 0 Å². The second-order valence-electron chi connectivity index (χ2n) is 3.21. The lowest BCUT2D eigenvalue weighted by Crippen LogP contribution is -2.24. The molecule has 1 saturated heterocycles. The SMILES string of the molecule is CNC(c1cnns1)C1CCOC1. The fourth-order valence-corrected chi connectivity index (χ4v) is 2.44. The minimum Gasteiger partial charge on any atom is -0.381 e. The van der Waals surface area contributed by atoms with E-state index in [1.54, 1.807) is 0 Å². The summed E-state index contributed by atoms with van der Waals surface area (Å²) < 4.78 is 9.24. The van der Waals surface area contributed by atoms with Gasteiger partial charge in [-0.2, -0.15) is 0 Å². The standard InChI is InChI=1S/C8H13N3OS/c1-9-8(6-2-3-12-5-6)7-4-10-11-13-7/h4,6,8-9H,2-3,5H2,1H3. The van der Waals surface area contributed by atoms with Crippen LogP contribution in [-0.2, 0) is 4.74 Å². The highest BCUT2D eigenvalue weighted by Gasteiger charge is 2.26. The summed E-state index contributed by atoms with van der Waals surface area (Å²) in [5.74, 6) is 0.576. The van der Waals surface area contributed by atoms with Gasteiger partial charge in [0.15, 0.2) is 0 Å². The van der Waals surface area contributed by atoms with E-state index in [2.05, 4.69) is 14.9 Å². The molecule has 4 nitrogen and oxygen atoms in total. The average Bonchev–Trinajstić information content (AvgIpc) is 2.76. The summed E-state index contributed by atoms with van der Waals surface area (Å²) in [5.41, 5.74) is 0. The van der Waals surface area contributed by atoms with E-state index in [1.165, 1.54) is 16.4 Å². The van der Waals surface area contributed by atoms with Gasteiger partial charge in [-0.15, -0.1) is 5.10 Å². The summed E-state index contributed by atoms with van der Waals surface area (Å²) >= 11 is 1.46. The molecule has 72 valence electrons. The molecule has 1 aliphatic rings. The fourth-order valence-electron chi connectivity index (χ4n) is 1.74. The Balaban J connectivity index is 2.08. The van der Waals surface area contributed by atoms with Gasteiger partial charge in [-0.1, -0.05) is 4.49 Å². The highest BCUT2D eigenvalue weighted by molar-refractivity contribution is 7.05. The van der Waals surface area contributed by atoms with E-state index in [1.807, 2.05) is 13.2 Å². The summed E-state index contributed by atoms with van der Waals surface area (Å²) in [7, 11) is 1.97. The molecule has 0 radical (unpaired) electrons. The van der Waals surface area contributed by atoms with Crippen molar-refractivity contribution in [3.8, 4) is 0 Å². The van der Waals surface area contributed by atoms with Gasteiger partial charge < -0.3 is 10.1 Å². The Morgan fingerprint density at radius 2 is 2.69 bits per heavy atom. The summed E-state index contributed by atoms with van der Waals surface area (Å²) in [5, 5.41) is 7.15. The van der Waals surface area contributed by atoms with Gasteiger partial charge in [-0.05, 0) is 25.0 Å². The van der Waals surface area contributed by atoms with Gasteiger partial charge >= 0.3 is 0 Å². The first kappa shape index (κ1) is 9.05. The first-order chi connectivity index (χ1) is 6.42. The van der Waals surface area contributed by atoms with Crippen molar-refractivity contribution in [3.63, 3.8) is 0 Å². The van der Waals surface area contributed by atoms with Crippen LogP contribution >= 0.6 is 11.5 Å². The molecular weight excluding hydrogens is 186 g/mol. The quantitative estimate of drug-likeness (QED) is 0.783. The molecule has 0 aromatic carbocycles. The molecule has 0 amide bonds. The lowest BCUT2D eigenvalue weighted by molar-refractivity contribution is 0.178. The van der Waals surface area contributed by atoms with Crippen LogP contribution in [0.1, 0.15) is 17.3 Å². The molecular formula is C8H13N3OS. The zero-order valence-corrected chi connectivity index (χ0v) is 8.38. The summed E-state index contributed by atoms with van der Waals surface area (Å²) in [6, 6.07) is 0.363. The second-order valence-corrected chi connectivity index (χ2v) is 4.03. The van der Waals surface area contributed by atoms with E-state index >= 15 is 0 Å². The molecule has 1 N–H and O–H groups in total. The molecule has 2 heterocycles. The average molecular weight is 199 g/mol. The van der Waals surface area contributed by atoms with Crippen molar-refractivity contribution in [3.05, 3.63) is 11.1 Å². The van der Waals surface area contributed by atoms with Gasteiger partial charge in [0.05, 0.1) is 17.7 Å². The van der Waals surface area contributed by atoms with Crippen molar-refractivity contribution in [2.75, 3.05) is 20.3 Å². The molecule has 1 fully saturated rings. The van der Waals surface area contributed by atoms with E-state index in [0.717, 1.165) is 19.6 Å². The molecule has 1 aromatic rings. The molecule has 1 aliphatic heterocycles. The number of rotatable bonds is 3. The zero-order chi connectivity index (χ0) is 9.10. The molecule has 13 heavy (non-hydrogen) atoms. The predicted molar refractivity (Wildman–Crippen MR) is 50.6 cm³/mol. The van der Waals surface area contributed by atoms with E-state index in [-0.39, 0.29) is 0 Å². The Morgan fingerprint density at radius 3 is 3.23 bits per heavy atom. The Hall–Kier alpha value is -0.520. The normalized spacial score (nSPS) is 24.8. The predicted octanol–water partition coefficient (Wildman–Crippen LogP) is 0.835. The topological polar surface area (TPSA) is 47.0 Å². The smallest absolute Gasteiger partial charge is 0.0669 e. The summed E-state index contributed by atoms with van der Waals surface area (Å²) in [4.78, 5) is 1.21. The van der Waals surface area contributed by atoms with Crippen LogP contribution in [0.2, 0.25) is 0 Å². The van der Waals surface area contributed by atoms with Gasteiger partial charge in [0.25, 0.3) is 0 Å². The minimum absolute atomic E-state index is 0.363. The maximum atomic E-state index is 5.36. The molecule has 2 unspecified atom stereocenters. The second kappa shape index (κ2) is 4.13. The van der Waals surface area contributed by atoms with Crippen LogP contribution in [-0.4, -0.2) is 29.8 Å². The van der Waals surface area contributed by atoms with Crippen molar-refractivity contribution in [2.24, 2.45) is 5.92 Å². The maximum absolute atomic E-state index is 5.36. The lowest BCUT2D eigenvalue weighted by Gasteiger charge is -2.19. The van der Waals surface area contributed by atoms with E-state index < -0.39 is 0 Å². The number of ether oxygens (including phenoxy) is 1. The summed E-state index contributed by atoms with van der Waals surface area (Å²) in [6.45, 7) is 1.73. The molecule has 0 bridgehead atoms. The molecule has 2 atom stereocenters. The third kappa shape index (κ3) is 1.87. The molecule has 5 heteroatoms. The number of hydrogen-bond donors (Lipinski definition) is 1. The molecule has 0 saturated carbocycles. The van der Waals surface area contributed by atoms with Crippen LogP contribution < -0.4 is 5.32 Å².